The zero-order valence-corrected chi connectivity index (χ0v) is 57.7. The number of benzene rings is 5. The van der Waals surface area contributed by atoms with Crippen molar-refractivity contribution in [3.63, 3.8) is 0 Å². The van der Waals surface area contributed by atoms with Crippen LogP contribution >= 0.6 is 0 Å². The van der Waals surface area contributed by atoms with Crippen molar-refractivity contribution in [2.24, 2.45) is 25.9 Å². The van der Waals surface area contributed by atoms with Gasteiger partial charge in [-0.15, -0.1) is 0 Å². The normalized spacial score (nSPS) is 19.5. The van der Waals surface area contributed by atoms with Crippen molar-refractivity contribution in [1.82, 2.24) is 60.6 Å². The van der Waals surface area contributed by atoms with E-state index in [-0.39, 0.29) is 73.5 Å². The number of carbonyl (C=O) groups excluding carboxylic acids is 8. The first-order valence-corrected chi connectivity index (χ1v) is 35.5. The molecule has 2 saturated heterocycles. The average Bonchev–Trinajstić information content (AvgIpc) is 1.64. The van der Waals surface area contributed by atoms with E-state index in [4.69, 9.17) is 0 Å². The number of carbonyl (C=O) groups is 8. The molecule has 4 heterocycles. The molecule has 8 atom stereocenters. The molecule has 518 valence electrons. The monoisotopic (exact) mass is 1330 g/mol. The van der Waals surface area contributed by atoms with E-state index in [2.05, 4.69) is 31.9 Å². The first-order chi connectivity index (χ1) is 47.5. The highest BCUT2D eigenvalue weighted by Gasteiger charge is 2.46. The number of para-hydroxylation sites is 2. The van der Waals surface area contributed by atoms with Crippen LogP contribution in [0.1, 0.15) is 144 Å². The first kappa shape index (κ1) is 70.2. The Morgan fingerprint density at radius 2 is 0.827 bits per heavy atom. The third-order valence-corrected chi connectivity index (χ3v) is 21.3. The second-order valence-electron chi connectivity index (χ2n) is 27.7. The van der Waals surface area contributed by atoms with Crippen LogP contribution in [-0.4, -0.2) is 178 Å². The standard InChI is InChI=1S/C78H98N12O8/c1-51(79-3)71(91)83-69(55-27-15-9-16-28-55)77(97)89-47-61(45-63(89)49-87(41-39-53-23-11-7-12-24-53)75(95)67-43-59-31-19-21-33-65(59)85(67)5)81-73(93)57-35-37-58(38-36-57)74(94)82-62-46-64(90(48-62)78(98)70(56-29-17-10-18-30-56)84-72(92)52(2)80-4)50-88(42-40-54-25-13-8-14-26-54)76(96)68-44-60-32-20-22-34-66(60)86(68)6/h7-8,11-14,19-26,31-38,43-44,51-52,55-56,61-64,69-70,79-80H,9-10,15-18,27-30,39-42,45-50H2,1-6H3,(H,81,93)(H,82,94)(H,83,91)(H,84,92)/t51-,52-,61-,62-,63-,64-,69-,70-/m0/s1. The lowest BCUT2D eigenvalue weighted by Crippen LogP contribution is -2.58. The van der Waals surface area contributed by atoms with E-state index >= 15 is 19.2 Å². The fourth-order valence-electron chi connectivity index (χ4n) is 15.3. The van der Waals surface area contributed by atoms with Crippen molar-refractivity contribution >= 4 is 69.1 Å². The van der Waals surface area contributed by atoms with Crippen LogP contribution in [0.15, 0.2) is 146 Å². The zero-order valence-electron chi connectivity index (χ0n) is 57.7. The van der Waals surface area contributed by atoms with E-state index < -0.39 is 60.1 Å². The van der Waals surface area contributed by atoms with Crippen LogP contribution in [0.25, 0.3) is 21.8 Å². The van der Waals surface area contributed by atoms with Crippen molar-refractivity contribution in [2.45, 2.75) is 152 Å². The maximum absolute atomic E-state index is 15.5. The highest BCUT2D eigenvalue weighted by Crippen LogP contribution is 2.33. The molecule has 0 radical (unpaired) electrons. The van der Waals surface area contributed by atoms with Gasteiger partial charge in [0.2, 0.25) is 23.6 Å². The summed E-state index contributed by atoms with van der Waals surface area (Å²) in [5.74, 6) is -2.42. The summed E-state index contributed by atoms with van der Waals surface area (Å²) in [6.07, 6.45) is 10.8. The topological polar surface area (TPSA) is 232 Å². The van der Waals surface area contributed by atoms with Crippen molar-refractivity contribution in [3.8, 4) is 0 Å². The van der Waals surface area contributed by atoms with Crippen molar-refractivity contribution in [1.29, 1.82) is 0 Å². The third-order valence-electron chi connectivity index (χ3n) is 21.3. The van der Waals surface area contributed by atoms with E-state index in [9.17, 15) is 19.2 Å². The average molecular weight is 1330 g/mol. The molecule has 11 rings (SSSR count). The summed E-state index contributed by atoms with van der Waals surface area (Å²) in [5, 5.41) is 20.6. The van der Waals surface area contributed by atoms with Crippen molar-refractivity contribution < 1.29 is 38.4 Å². The molecule has 2 aliphatic heterocycles. The summed E-state index contributed by atoms with van der Waals surface area (Å²) in [6, 6.07) is 41.0. The Morgan fingerprint density at radius 1 is 0.469 bits per heavy atom. The molecule has 20 heteroatoms. The Balaban J connectivity index is 0.836. The number of aryl methyl sites for hydroxylation is 2. The van der Waals surface area contributed by atoms with Crippen LogP contribution in [0.5, 0.6) is 0 Å². The smallest absolute Gasteiger partial charge is 0.270 e. The lowest BCUT2D eigenvalue weighted by molar-refractivity contribution is -0.140. The number of hydrogen-bond donors (Lipinski definition) is 6. The molecule has 0 bridgehead atoms. The largest absolute Gasteiger partial charge is 0.347 e. The quantitative estimate of drug-likeness (QED) is 0.0304. The number of amides is 8. The van der Waals surface area contributed by atoms with Gasteiger partial charge in [0.15, 0.2) is 0 Å². The SMILES string of the molecule is CN[C@@H](C)C(=O)N[C@H](C(=O)N1C[C@@H](NC(=O)c2ccc(C(=O)N[C@H]3C[C@@H](CN(CCc4ccccc4)C(=O)c4cc5ccccc5n4C)N(C(=O)[C@@H](NC(=O)[C@H](C)NC)C4CCCCC4)C3)cc2)C[C@H]1CN(CCc1ccccc1)C(=O)c1cc2ccccc2n1C)C1CCCCC1. The molecule has 2 aliphatic carbocycles. The Kier molecular flexibility index (Phi) is 23.3. The van der Waals surface area contributed by atoms with E-state index in [0.717, 1.165) is 97.1 Å². The molecule has 2 aromatic heterocycles. The lowest BCUT2D eigenvalue weighted by atomic mass is 9.83. The fraction of sp³-hybridized carbons (Fsp3) is 0.462. The molecule has 4 fully saturated rings. The van der Waals surface area contributed by atoms with Gasteiger partial charge < -0.3 is 60.6 Å². The number of nitrogens with zero attached hydrogens (tertiary/aromatic N) is 6. The summed E-state index contributed by atoms with van der Waals surface area (Å²) >= 11 is 0. The maximum Gasteiger partial charge on any atom is 0.270 e. The van der Waals surface area contributed by atoms with Crippen LogP contribution in [0.2, 0.25) is 0 Å². The Morgan fingerprint density at radius 3 is 1.18 bits per heavy atom. The van der Waals surface area contributed by atoms with Crippen LogP contribution < -0.4 is 31.9 Å². The molecule has 6 N–H and O–H groups in total. The molecular weight excluding hydrogens is 1230 g/mol. The molecule has 0 spiro atoms. The molecular formula is C78H98N12O8. The molecule has 8 amide bonds. The maximum atomic E-state index is 15.5. The Bertz CT molecular complexity index is 3680. The minimum absolute atomic E-state index is 0.0971. The van der Waals surface area contributed by atoms with Gasteiger partial charge in [-0.25, -0.2) is 0 Å². The van der Waals surface area contributed by atoms with Gasteiger partial charge in [-0.05, 0) is 151 Å². The predicted octanol–water partition coefficient (Wildman–Crippen LogP) is 8.18. The third kappa shape index (κ3) is 16.5. The van der Waals surface area contributed by atoms with E-state index in [1.165, 1.54) is 0 Å². The summed E-state index contributed by atoms with van der Waals surface area (Å²) in [7, 11) is 7.20. The molecule has 2 saturated carbocycles. The minimum Gasteiger partial charge on any atom is -0.347 e. The number of rotatable bonds is 26. The molecule has 5 aromatic carbocycles. The first-order valence-electron chi connectivity index (χ1n) is 35.5. The molecule has 4 aliphatic rings. The second kappa shape index (κ2) is 32.5. The summed E-state index contributed by atoms with van der Waals surface area (Å²) in [4.78, 5) is 125. The van der Waals surface area contributed by atoms with Gasteiger partial charge in [0.1, 0.15) is 23.5 Å². The number of hydrogen-bond acceptors (Lipinski definition) is 10. The molecule has 7 aromatic rings. The van der Waals surface area contributed by atoms with Gasteiger partial charge in [0.25, 0.3) is 23.6 Å². The predicted molar refractivity (Wildman–Crippen MR) is 381 cm³/mol. The number of aromatic nitrogens is 2. The number of likely N-dealkylation sites (tertiary alicyclic amines) is 2. The second-order valence-corrected chi connectivity index (χ2v) is 27.7. The zero-order chi connectivity index (χ0) is 69.0. The van der Waals surface area contributed by atoms with Gasteiger partial charge in [-0.1, -0.05) is 136 Å². The van der Waals surface area contributed by atoms with Gasteiger partial charge in [-0.2, -0.15) is 0 Å². The highest BCUT2D eigenvalue weighted by atomic mass is 16.2. The van der Waals surface area contributed by atoms with E-state index in [0.29, 0.717) is 61.3 Å². The minimum atomic E-state index is -0.817. The molecule has 20 nitrogen and oxygen atoms in total. The van der Waals surface area contributed by atoms with Gasteiger partial charge >= 0.3 is 0 Å². The summed E-state index contributed by atoms with van der Waals surface area (Å²) in [6.45, 7) is 4.86. The van der Waals surface area contributed by atoms with Gasteiger partial charge in [-0.3, -0.25) is 38.4 Å². The van der Waals surface area contributed by atoms with Gasteiger partial charge in [0, 0.05) is 98.4 Å². The Hall–Kier alpha value is -9.14. The van der Waals surface area contributed by atoms with E-state index in [1.54, 1.807) is 62.0 Å². The number of likely N-dealkylation sites (N-methyl/N-ethyl adjacent to an activating group) is 2. The fourth-order valence-corrected chi connectivity index (χ4v) is 15.3. The highest BCUT2D eigenvalue weighted by molar-refractivity contribution is 6.01. The van der Waals surface area contributed by atoms with Gasteiger partial charge in [0.05, 0.1) is 24.2 Å². The Labute approximate surface area is 576 Å². The van der Waals surface area contributed by atoms with E-state index in [1.807, 2.05) is 154 Å². The molecule has 0 unspecified atom stereocenters. The van der Waals surface area contributed by atoms with Crippen LogP contribution in [-0.2, 0) is 46.1 Å². The van der Waals surface area contributed by atoms with Crippen LogP contribution in [0.3, 0.4) is 0 Å². The van der Waals surface area contributed by atoms with Crippen molar-refractivity contribution in [2.75, 3.05) is 53.4 Å². The molecule has 98 heavy (non-hydrogen) atoms. The lowest BCUT2D eigenvalue weighted by Gasteiger charge is -2.37. The van der Waals surface area contributed by atoms with Crippen LogP contribution in [0.4, 0.5) is 0 Å². The van der Waals surface area contributed by atoms with Crippen LogP contribution in [0, 0.1) is 11.8 Å². The summed E-state index contributed by atoms with van der Waals surface area (Å²) in [5.41, 5.74) is 5.55. The summed E-state index contributed by atoms with van der Waals surface area (Å²) < 4.78 is 3.82. The number of nitrogens with one attached hydrogen (secondary N) is 6. The van der Waals surface area contributed by atoms with Crippen molar-refractivity contribution in [3.05, 3.63) is 179 Å². The number of fused-ring (bicyclic) bond motifs is 2.